The highest BCUT2D eigenvalue weighted by Crippen LogP contribution is 2.34. The van der Waals surface area contributed by atoms with E-state index in [0.29, 0.717) is 28.5 Å². The Balaban J connectivity index is 1.52. The Morgan fingerprint density at radius 2 is 2.00 bits per heavy atom. The van der Waals surface area contributed by atoms with Gasteiger partial charge in [-0.05, 0) is 30.5 Å². The van der Waals surface area contributed by atoms with Crippen LogP contribution in [0.15, 0.2) is 40.2 Å². The number of ether oxygens (including phenoxy) is 1. The Bertz CT molecular complexity index is 920. The van der Waals surface area contributed by atoms with Crippen LogP contribution in [0, 0.1) is 5.92 Å². The average Bonchev–Trinajstić information content (AvgIpc) is 3.16. The molecular formula is C21H21ClO5. The van der Waals surface area contributed by atoms with Crippen molar-refractivity contribution in [2.24, 2.45) is 5.92 Å². The van der Waals surface area contributed by atoms with Crippen LogP contribution in [0.3, 0.4) is 0 Å². The smallest absolute Gasteiger partial charge is 0.346 e. The molecule has 27 heavy (non-hydrogen) atoms. The number of esters is 1. The number of aliphatic hydroxyl groups is 1. The quantitative estimate of drug-likeness (QED) is 0.582. The third-order valence-corrected chi connectivity index (χ3v) is 5.77. The Hall–Kier alpha value is -2.27. The van der Waals surface area contributed by atoms with Crippen LogP contribution in [0.1, 0.15) is 44.1 Å². The summed E-state index contributed by atoms with van der Waals surface area (Å²) >= 11 is 6.02. The van der Waals surface area contributed by atoms with Crippen molar-refractivity contribution in [3.05, 3.63) is 46.4 Å². The van der Waals surface area contributed by atoms with E-state index in [1.54, 1.807) is 18.2 Å². The molecule has 1 aliphatic carbocycles. The number of rotatable bonds is 5. The molecule has 6 heteroatoms. The normalized spacial score (nSPS) is 21.1. The van der Waals surface area contributed by atoms with Crippen LogP contribution in [-0.2, 0) is 20.7 Å². The van der Waals surface area contributed by atoms with Crippen molar-refractivity contribution in [3.63, 3.8) is 0 Å². The Labute approximate surface area is 161 Å². The molecule has 0 radical (unpaired) electrons. The monoisotopic (exact) mass is 388 g/mol. The van der Waals surface area contributed by atoms with Crippen molar-refractivity contribution in [3.8, 4) is 0 Å². The van der Waals surface area contributed by atoms with Crippen LogP contribution < -0.4 is 0 Å². The number of Topliss-reactive ketones (excluding diaryl/α,β-unsaturated/α-hetero) is 1. The van der Waals surface area contributed by atoms with Crippen LogP contribution in [0.4, 0.5) is 0 Å². The Morgan fingerprint density at radius 1 is 1.22 bits per heavy atom. The minimum Gasteiger partial charge on any atom is -0.507 e. The molecular weight excluding hydrogens is 368 g/mol. The minimum atomic E-state index is -0.732. The summed E-state index contributed by atoms with van der Waals surface area (Å²) in [5.41, 5.74) is 1.01. The van der Waals surface area contributed by atoms with Crippen LogP contribution >= 0.6 is 11.6 Å². The predicted molar refractivity (Wildman–Crippen MR) is 101 cm³/mol. The molecule has 0 bridgehead atoms. The van der Waals surface area contributed by atoms with Gasteiger partial charge in [-0.25, -0.2) is 4.79 Å². The van der Waals surface area contributed by atoms with Gasteiger partial charge in [0, 0.05) is 22.4 Å². The maximum Gasteiger partial charge on any atom is 0.346 e. The number of fused-ring (bicyclic) bond motifs is 1. The molecule has 0 spiro atoms. The number of halogens is 1. The van der Waals surface area contributed by atoms with E-state index in [9.17, 15) is 14.7 Å². The van der Waals surface area contributed by atoms with Gasteiger partial charge in [-0.2, -0.15) is 0 Å². The van der Waals surface area contributed by atoms with Gasteiger partial charge in [-0.15, -0.1) is 0 Å². The molecule has 5 nitrogen and oxygen atoms in total. The van der Waals surface area contributed by atoms with Crippen LogP contribution in [0.25, 0.3) is 11.0 Å². The molecule has 142 valence electrons. The second-order valence-electron chi connectivity index (χ2n) is 7.40. The van der Waals surface area contributed by atoms with Crippen molar-refractivity contribution >= 4 is 34.3 Å². The topological polar surface area (TPSA) is 76.7 Å². The molecule has 1 unspecified atom stereocenters. The first-order valence-corrected chi connectivity index (χ1v) is 9.73. The molecule has 1 atom stereocenters. The number of hydrogen-bond acceptors (Lipinski definition) is 5. The molecule has 1 aliphatic heterocycles. The number of benzene rings is 1. The first-order chi connectivity index (χ1) is 13.0. The fraction of sp³-hybridized carbons (Fsp3) is 0.429. The molecule has 1 saturated carbocycles. The number of carbonyl (C=O) groups excluding carboxylic acids is 2. The van der Waals surface area contributed by atoms with Crippen molar-refractivity contribution in [1.29, 1.82) is 0 Å². The van der Waals surface area contributed by atoms with Gasteiger partial charge in [-0.3, -0.25) is 4.79 Å². The third-order valence-electron chi connectivity index (χ3n) is 5.53. The van der Waals surface area contributed by atoms with E-state index >= 15 is 0 Å². The molecule has 1 N–H and O–H groups in total. The van der Waals surface area contributed by atoms with Gasteiger partial charge in [0.1, 0.15) is 11.2 Å². The lowest BCUT2D eigenvalue weighted by Crippen LogP contribution is -2.18. The highest BCUT2D eigenvalue weighted by atomic mass is 35.5. The lowest BCUT2D eigenvalue weighted by molar-refractivity contribution is -0.141. The molecule has 2 heterocycles. The highest BCUT2D eigenvalue weighted by Gasteiger charge is 2.39. The van der Waals surface area contributed by atoms with Gasteiger partial charge in [0.25, 0.3) is 0 Å². The zero-order valence-corrected chi connectivity index (χ0v) is 15.6. The van der Waals surface area contributed by atoms with Crippen molar-refractivity contribution in [2.45, 2.75) is 51.0 Å². The summed E-state index contributed by atoms with van der Waals surface area (Å²) < 4.78 is 10.7. The third kappa shape index (κ3) is 3.61. The number of carbonyl (C=O) groups is 2. The van der Waals surface area contributed by atoms with E-state index < -0.39 is 17.9 Å². The van der Waals surface area contributed by atoms with Crippen molar-refractivity contribution in [2.75, 3.05) is 0 Å². The van der Waals surface area contributed by atoms with Crippen LogP contribution in [0.2, 0.25) is 5.02 Å². The maximum atomic E-state index is 12.7. The van der Waals surface area contributed by atoms with Gasteiger partial charge in [0.15, 0.2) is 17.6 Å². The Kier molecular flexibility index (Phi) is 4.96. The fourth-order valence-corrected chi connectivity index (χ4v) is 4.28. The van der Waals surface area contributed by atoms with E-state index in [-0.39, 0.29) is 17.8 Å². The predicted octanol–water partition coefficient (Wildman–Crippen LogP) is 4.91. The second kappa shape index (κ2) is 7.39. The highest BCUT2D eigenvalue weighted by molar-refractivity contribution is 6.31. The van der Waals surface area contributed by atoms with Gasteiger partial charge in [0.2, 0.25) is 0 Å². The Morgan fingerprint density at radius 3 is 2.78 bits per heavy atom. The van der Waals surface area contributed by atoms with Crippen molar-refractivity contribution in [1.82, 2.24) is 0 Å². The van der Waals surface area contributed by atoms with Gasteiger partial charge in [-0.1, -0.05) is 43.7 Å². The van der Waals surface area contributed by atoms with E-state index in [2.05, 4.69) is 0 Å². The van der Waals surface area contributed by atoms with E-state index in [4.69, 9.17) is 20.8 Å². The summed E-state index contributed by atoms with van der Waals surface area (Å²) in [6.07, 6.45) is 7.02. The van der Waals surface area contributed by atoms with E-state index in [1.807, 2.05) is 0 Å². The van der Waals surface area contributed by atoms with Gasteiger partial charge in [0.05, 0.1) is 6.26 Å². The standard InChI is InChI=1S/C21H21ClO5/c22-14-6-7-17-15(10-14)13(11-26-17)9-16(23)19-20(24)18(27-21(19)25)8-12-4-2-1-3-5-12/h6-7,10-12,18,24H,1-5,8-9H2. The summed E-state index contributed by atoms with van der Waals surface area (Å²) in [7, 11) is 0. The van der Waals surface area contributed by atoms with E-state index in [0.717, 1.165) is 31.1 Å². The van der Waals surface area contributed by atoms with Crippen LogP contribution in [0.5, 0.6) is 0 Å². The number of ketones is 1. The summed E-state index contributed by atoms with van der Waals surface area (Å²) in [6.45, 7) is 0. The molecule has 1 aromatic carbocycles. The largest absolute Gasteiger partial charge is 0.507 e. The average molecular weight is 389 g/mol. The first kappa shape index (κ1) is 18.1. The zero-order chi connectivity index (χ0) is 19.0. The van der Waals surface area contributed by atoms with E-state index in [1.165, 1.54) is 12.7 Å². The summed E-state index contributed by atoms with van der Waals surface area (Å²) in [4.78, 5) is 24.9. The molecule has 0 amide bonds. The molecule has 4 rings (SSSR count). The summed E-state index contributed by atoms with van der Waals surface area (Å²) in [5.74, 6) is -0.995. The number of cyclic esters (lactones) is 1. The lowest BCUT2D eigenvalue weighted by Gasteiger charge is -2.23. The number of furan rings is 1. The molecule has 2 aromatic rings. The summed E-state index contributed by atoms with van der Waals surface area (Å²) in [5, 5.41) is 11.7. The lowest BCUT2D eigenvalue weighted by atomic mass is 9.85. The molecule has 1 fully saturated rings. The van der Waals surface area contributed by atoms with Crippen LogP contribution in [-0.4, -0.2) is 23.0 Å². The number of hydrogen-bond donors (Lipinski definition) is 1. The molecule has 2 aliphatic rings. The van der Waals surface area contributed by atoms with Crippen molar-refractivity contribution < 1.29 is 23.8 Å². The van der Waals surface area contributed by atoms with Gasteiger partial charge >= 0.3 is 5.97 Å². The fourth-order valence-electron chi connectivity index (χ4n) is 4.10. The maximum absolute atomic E-state index is 12.7. The number of aliphatic hydroxyl groups excluding tert-OH is 1. The van der Waals surface area contributed by atoms with Gasteiger partial charge < -0.3 is 14.3 Å². The summed E-state index contributed by atoms with van der Waals surface area (Å²) in [6, 6.07) is 5.15. The molecule has 0 saturated heterocycles. The molecule has 1 aromatic heterocycles. The SMILES string of the molecule is O=C(Cc1coc2ccc(Cl)cc12)C1=C(O)C(CC2CCCCC2)OC1=O. The second-order valence-corrected chi connectivity index (χ2v) is 7.83. The zero-order valence-electron chi connectivity index (χ0n) is 14.9. The first-order valence-electron chi connectivity index (χ1n) is 9.36. The minimum absolute atomic E-state index is 0.0576.